The van der Waals surface area contributed by atoms with Crippen molar-refractivity contribution in [2.75, 3.05) is 30.8 Å². The molecule has 0 amide bonds. The monoisotopic (exact) mass is 261 g/mol. The lowest BCUT2D eigenvalue weighted by atomic mass is 10.1. The normalized spacial score (nSPS) is 23.0. The van der Waals surface area contributed by atoms with Crippen molar-refractivity contribution >= 4 is 11.8 Å². The molecule has 104 valence electrons. The third-order valence-electron chi connectivity index (χ3n) is 4.21. The van der Waals surface area contributed by atoms with Gasteiger partial charge < -0.3 is 16.0 Å². The SMILES string of the molecule is CN[C@@H]1CCN(c2cc(CCC3CC3)nc(N)n2)C1. The van der Waals surface area contributed by atoms with E-state index in [1.165, 1.54) is 19.3 Å². The summed E-state index contributed by atoms with van der Waals surface area (Å²) in [6.45, 7) is 2.05. The molecule has 1 saturated carbocycles. The van der Waals surface area contributed by atoms with Crippen molar-refractivity contribution in [3.63, 3.8) is 0 Å². The number of nitrogens with zero attached hydrogens (tertiary/aromatic N) is 3. The second-order valence-corrected chi connectivity index (χ2v) is 5.78. The van der Waals surface area contributed by atoms with E-state index in [2.05, 4.69) is 26.3 Å². The predicted octanol–water partition coefficient (Wildman–Crippen LogP) is 1.20. The Morgan fingerprint density at radius 2 is 2.21 bits per heavy atom. The molecule has 0 unspecified atom stereocenters. The molecule has 1 saturated heterocycles. The molecule has 0 radical (unpaired) electrons. The average molecular weight is 261 g/mol. The van der Waals surface area contributed by atoms with Gasteiger partial charge in [-0.25, -0.2) is 4.98 Å². The third-order valence-corrected chi connectivity index (χ3v) is 4.21. The van der Waals surface area contributed by atoms with Gasteiger partial charge in [0.25, 0.3) is 0 Å². The zero-order chi connectivity index (χ0) is 13.2. The van der Waals surface area contributed by atoms with E-state index < -0.39 is 0 Å². The van der Waals surface area contributed by atoms with Crippen LogP contribution in [0.15, 0.2) is 6.07 Å². The Hall–Kier alpha value is -1.36. The summed E-state index contributed by atoms with van der Waals surface area (Å²) in [5.74, 6) is 2.34. The van der Waals surface area contributed by atoms with E-state index in [1.54, 1.807) is 0 Å². The Balaban J connectivity index is 1.69. The molecule has 5 heteroatoms. The standard InChI is InChI=1S/C14H23N5/c1-16-12-6-7-19(9-12)13-8-11(17-14(15)18-13)5-4-10-2-3-10/h8,10,12,16H,2-7,9H2,1H3,(H2,15,17,18)/t12-/m1/s1. The van der Waals surface area contributed by atoms with Crippen molar-refractivity contribution in [3.8, 4) is 0 Å². The lowest BCUT2D eigenvalue weighted by Crippen LogP contribution is -2.30. The van der Waals surface area contributed by atoms with Gasteiger partial charge in [0, 0.05) is 30.9 Å². The lowest BCUT2D eigenvalue weighted by molar-refractivity contribution is 0.616. The van der Waals surface area contributed by atoms with Crippen LogP contribution < -0.4 is 16.0 Å². The van der Waals surface area contributed by atoms with Crippen LogP contribution in [0.1, 0.15) is 31.4 Å². The van der Waals surface area contributed by atoms with E-state index in [4.69, 9.17) is 5.73 Å². The minimum Gasteiger partial charge on any atom is -0.368 e. The van der Waals surface area contributed by atoms with E-state index in [0.717, 1.165) is 43.4 Å². The van der Waals surface area contributed by atoms with Crippen molar-refractivity contribution in [2.45, 2.75) is 38.1 Å². The first kappa shape index (κ1) is 12.7. The second kappa shape index (κ2) is 5.33. The number of anilines is 2. The molecule has 0 spiro atoms. The molecule has 0 aromatic carbocycles. The predicted molar refractivity (Wildman–Crippen MR) is 77.2 cm³/mol. The summed E-state index contributed by atoms with van der Waals surface area (Å²) >= 11 is 0. The lowest BCUT2D eigenvalue weighted by Gasteiger charge is -2.18. The summed E-state index contributed by atoms with van der Waals surface area (Å²) < 4.78 is 0. The smallest absolute Gasteiger partial charge is 0.222 e. The largest absolute Gasteiger partial charge is 0.368 e. The van der Waals surface area contributed by atoms with Gasteiger partial charge in [0.05, 0.1) is 0 Å². The maximum absolute atomic E-state index is 5.85. The molecule has 3 rings (SSSR count). The number of aryl methyl sites for hydroxylation is 1. The van der Waals surface area contributed by atoms with Crippen LogP contribution in [0.5, 0.6) is 0 Å². The van der Waals surface area contributed by atoms with E-state index in [1.807, 2.05) is 7.05 Å². The molecule has 1 aliphatic heterocycles. The van der Waals surface area contributed by atoms with Crippen LogP contribution in [-0.4, -0.2) is 36.1 Å². The summed E-state index contributed by atoms with van der Waals surface area (Å²) in [5, 5.41) is 3.32. The fraction of sp³-hybridized carbons (Fsp3) is 0.714. The van der Waals surface area contributed by atoms with Crippen LogP contribution in [0.25, 0.3) is 0 Å². The van der Waals surface area contributed by atoms with Gasteiger partial charge in [-0.3, -0.25) is 0 Å². The molecule has 2 aliphatic rings. The van der Waals surface area contributed by atoms with Crippen LogP contribution >= 0.6 is 0 Å². The molecule has 5 nitrogen and oxygen atoms in total. The summed E-state index contributed by atoms with van der Waals surface area (Å²) in [6, 6.07) is 2.68. The van der Waals surface area contributed by atoms with Gasteiger partial charge in [0.15, 0.2) is 0 Å². The molecular formula is C14H23N5. The first-order valence-corrected chi connectivity index (χ1v) is 7.30. The van der Waals surface area contributed by atoms with Crippen LogP contribution in [-0.2, 0) is 6.42 Å². The number of nitrogens with one attached hydrogen (secondary N) is 1. The molecule has 19 heavy (non-hydrogen) atoms. The van der Waals surface area contributed by atoms with Gasteiger partial charge in [-0.05, 0) is 32.2 Å². The summed E-state index contributed by atoms with van der Waals surface area (Å²) in [6.07, 6.45) is 6.23. The summed E-state index contributed by atoms with van der Waals surface area (Å²) in [4.78, 5) is 11.1. The highest BCUT2D eigenvalue weighted by Crippen LogP contribution is 2.33. The van der Waals surface area contributed by atoms with E-state index in [0.29, 0.717) is 12.0 Å². The average Bonchev–Trinajstić information content (AvgIpc) is 3.11. The Bertz CT molecular complexity index is 443. The maximum atomic E-state index is 5.85. The first-order valence-electron chi connectivity index (χ1n) is 7.30. The maximum Gasteiger partial charge on any atom is 0.222 e. The highest BCUT2D eigenvalue weighted by Gasteiger charge is 2.24. The number of nitrogen functional groups attached to an aromatic ring is 1. The molecular weight excluding hydrogens is 238 g/mol. The molecule has 1 aliphatic carbocycles. The van der Waals surface area contributed by atoms with Crippen molar-refractivity contribution in [2.24, 2.45) is 5.92 Å². The second-order valence-electron chi connectivity index (χ2n) is 5.78. The molecule has 2 heterocycles. The van der Waals surface area contributed by atoms with Crippen molar-refractivity contribution < 1.29 is 0 Å². The third kappa shape index (κ3) is 3.15. The Morgan fingerprint density at radius 3 is 2.89 bits per heavy atom. The Labute approximate surface area is 114 Å². The Morgan fingerprint density at radius 1 is 1.37 bits per heavy atom. The number of aromatic nitrogens is 2. The fourth-order valence-corrected chi connectivity index (χ4v) is 2.76. The van der Waals surface area contributed by atoms with E-state index in [-0.39, 0.29) is 0 Å². The number of hydrogen-bond donors (Lipinski definition) is 2. The first-order chi connectivity index (χ1) is 9.24. The van der Waals surface area contributed by atoms with Gasteiger partial charge >= 0.3 is 0 Å². The van der Waals surface area contributed by atoms with Crippen LogP contribution in [0, 0.1) is 5.92 Å². The Kier molecular flexibility index (Phi) is 3.55. The summed E-state index contributed by atoms with van der Waals surface area (Å²) in [7, 11) is 2.02. The number of nitrogens with two attached hydrogens (primary N) is 1. The van der Waals surface area contributed by atoms with Gasteiger partial charge in [-0.2, -0.15) is 4.98 Å². The summed E-state index contributed by atoms with van der Waals surface area (Å²) in [5.41, 5.74) is 6.95. The van der Waals surface area contributed by atoms with E-state index in [9.17, 15) is 0 Å². The molecule has 1 atom stereocenters. The number of rotatable bonds is 5. The minimum absolute atomic E-state index is 0.413. The van der Waals surface area contributed by atoms with Crippen LogP contribution in [0.3, 0.4) is 0 Å². The zero-order valence-electron chi connectivity index (χ0n) is 11.6. The van der Waals surface area contributed by atoms with Crippen molar-refractivity contribution in [1.29, 1.82) is 0 Å². The fourth-order valence-electron chi connectivity index (χ4n) is 2.76. The van der Waals surface area contributed by atoms with Crippen LogP contribution in [0.4, 0.5) is 11.8 Å². The van der Waals surface area contributed by atoms with Gasteiger partial charge in [-0.1, -0.05) is 12.8 Å². The zero-order valence-corrected chi connectivity index (χ0v) is 11.6. The molecule has 0 bridgehead atoms. The molecule has 1 aromatic heterocycles. The topological polar surface area (TPSA) is 67.1 Å². The molecule has 2 fully saturated rings. The van der Waals surface area contributed by atoms with Crippen molar-refractivity contribution in [1.82, 2.24) is 15.3 Å². The van der Waals surface area contributed by atoms with Gasteiger partial charge in [0.1, 0.15) is 5.82 Å². The number of likely N-dealkylation sites (N-methyl/N-ethyl adjacent to an activating group) is 1. The van der Waals surface area contributed by atoms with Gasteiger partial charge in [-0.15, -0.1) is 0 Å². The van der Waals surface area contributed by atoms with Gasteiger partial charge in [0.2, 0.25) is 5.95 Å². The quantitative estimate of drug-likeness (QED) is 0.833. The van der Waals surface area contributed by atoms with E-state index >= 15 is 0 Å². The minimum atomic E-state index is 0.413. The van der Waals surface area contributed by atoms with Crippen molar-refractivity contribution in [3.05, 3.63) is 11.8 Å². The highest BCUT2D eigenvalue weighted by molar-refractivity contribution is 5.44. The molecule has 3 N–H and O–H groups in total. The molecule has 1 aromatic rings. The number of hydrogen-bond acceptors (Lipinski definition) is 5. The van der Waals surface area contributed by atoms with Crippen LogP contribution in [0.2, 0.25) is 0 Å². The highest BCUT2D eigenvalue weighted by atomic mass is 15.2.